The number of likely N-dealkylation sites (tertiary alicyclic amines) is 1. The lowest BCUT2D eigenvalue weighted by Gasteiger charge is -2.25. The third-order valence-corrected chi connectivity index (χ3v) is 3.56. The molecule has 0 saturated carbocycles. The minimum Gasteiger partial charge on any atom is -0.445 e. The van der Waals surface area contributed by atoms with Gasteiger partial charge in [-0.3, -0.25) is 15.1 Å². The van der Waals surface area contributed by atoms with E-state index in [0.29, 0.717) is 24.4 Å². The smallest absolute Gasteiger partial charge is 0.410 e. The van der Waals surface area contributed by atoms with Crippen LogP contribution in [-0.4, -0.2) is 40.5 Å². The number of nitrogens with zero attached hydrogens (tertiary/aromatic N) is 2. The molecule has 1 aromatic carbocycles. The lowest BCUT2D eigenvalue weighted by Crippen LogP contribution is -2.56. The van der Waals surface area contributed by atoms with E-state index in [2.05, 4.69) is 0 Å². The molecule has 0 unspecified atom stereocenters. The minimum atomic E-state index is -0.945. The second-order valence-electron chi connectivity index (χ2n) is 5.05. The molecule has 0 spiro atoms. The van der Waals surface area contributed by atoms with Crippen molar-refractivity contribution in [3.63, 3.8) is 0 Å². The number of hydrogen-bond acceptors (Lipinski definition) is 6. The number of carbonyl (C=O) groups is 3. The summed E-state index contributed by atoms with van der Waals surface area (Å²) in [6, 6.07) is 7.41. The number of amides is 4. The molecule has 1 aliphatic rings. The van der Waals surface area contributed by atoms with E-state index in [4.69, 9.17) is 16.4 Å². The van der Waals surface area contributed by atoms with Crippen molar-refractivity contribution in [3.05, 3.63) is 35.9 Å². The molecular weight excluding hydrogens is 302 g/mol. The Morgan fingerprint density at radius 3 is 2.65 bits per heavy atom. The lowest BCUT2D eigenvalue weighted by molar-refractivity contribution is -0.132. The number of hydrogen-bond donors (Lipinski definition) is 3. The number of rotatable bonds is 3. The average Bonchev–Trinajstić information content (AvgIpc) is 3.08. The van der Waals surface area contributed by atoms with Gasteiger partial charge in [0.15, 0.2) is 0 Å². The average molecular weight is 321 g/mol. The third-order valence-electron chi connectivity index (χ3n) is 3.56. The molecular formula is C14H19N5O4. The summed E-state index contributed by atoms with van der Waals surface area (Å²) in [4.78, 5) is 36.9. The lowest BCUT2D eigenvalue weighted by atomic mass is 10.2. The molecule has 124 valence electrons. The molecule has 9 nitrogen and oxygen atoms in total. The summed E-state index contributed by atoms with van der Waals surface area (Å²) in [6.07, 6.45) is 0.408. The molecule has 1 fully saturated rings. The predicted octanol–water partition coefficient (Wildman–Crippen LogP) is 0.0732. The van der Waals surface area contributed by atoms with E-state index in [9.17, 15) is 14.4 Å². The number of carbonyl (C=O) groups excluding carboxylic acids is 3. The maximum atomic E-state index is 12.2. The Morgan fingerprint density at radius 2 is 2.00 bits per heavy atom. The van der Waals surface area contributed by atoms with Crippen LogP contribution in [0.2, 0.25) is 0 Å². The fourth-order valence-corrected chi connectivity index (χ4v) is 2.37. The summed E-state index contributed by atoms with van der Waals surface area (Å²) >= 11 is 0. The Labute approximate surface area is 133 Å². The first-order valence-corrected chi connectivity index (χ1v) is 7.11. The largest absolute Gasteiger partial charge is 0.445 e. The van der Waals surface area contributed by atoms with E-state index in [-0.39, 0.29) is 6.61 Å². The van der Waals surface area contributed by atoms with Crippen LogP contribution in [0.4, 0.5) is 9.59 Å². The fourth-order valence-electron chi connectivity index (χ4n) is 2.37. The highest BCUT2D eigenvalue weighted by atomic mass is 16.6. The predicted molar refractivity (Wildman–Crippen MR) is 80.1 cm³/mol. The monoisotopic (exact) mass is 321 g/mol. The highest BCUT2D eigenvalue weighted by Gasteiger charge is 2.38. The third kappa shape index (κ3) is 3.96. The Balaban J connectivity index is 1.96. The number of ether oxygens (including phenoxy) is 1. The van der Waals surface area contributed by atoms with Gasteiger partial charge in [0.25, 0.3) is 5.91 Å². The zero-order valence-corrected chi connectivity index (χ0v) is 12.5. The molecule has 0 aliphatic carbocycles. The van der Waals surface area contributed by atoms with Gasteiger partial charge in [-0.1, -0.05) is 30.3 Å². The number of benzene rings is 1. The molecule has 1 saturated heterocycles. The van der Waals surface area contributed by atoms with Crippen LogP contribution in [-0.2, 0) is 16.1 Å². The van der Waals surface area contributed by atoms with Crippen LogP contribution in [0.25, 0.3) is 0 Å². The van der Waals surface area contributed by atoms with Gasteiger partial charge in [0, 0.05) is 6.54 Å². The van der Waals surface area contributed by atoms with Crippen molar-refractivity contribution in [3.8, 4) is 0 Å². The van der Waals surface area contributed by atoms with Gasteiger partial charge < -0.3 is 4.74 Å². The molecule has 23 heavy (non-hydrogen) atoms. The van der Waals surface area contributed by atoms with Gasteiger partial charge in [-0.15, -0.1) is 0 Å². The summed E-state index contributed by atoms with van der Waals surface area (Å²) in [5.74, 6) is 9.62. The molecule has 4 amide bonds. The van der Waals surface area contributed by atoms with Gasteiger partial charge in [0.05, 0.1) is 0 Å². The highest BCUT2D eigenvalue weighted by Crippen LogP contribution is 2.20. The van der Waals surface area contributed by atoms with E-state index >= 15 is 0 Å². The van der Waals surface area contributed by atoms with Crippen LogP contribution in [0.3, 0.4) is 0 Å². The van der Waals surface area contributed by atoms with Gasteiger partial charge in [-0.2, -0.15) is 5.01 Å². The topological polar surface area (TPSA) is 131 Å². The molecule has 5 N–H and O–H groups in total. The van der Waals surface area contributed by atoms with E-state index in [1.165, 1.54) is 4.90 Å². The summed E-state index contributed by atoms with van der Waals surface area (Å²) in [7, 11) is 0. The zero-order valence-electron chi connectivity index (χ0n) is 12.5. The van der Waals surface area contributed by atoms with Crippen molar-refractivity contribution in [1.82, 2.24) is 15.3 Å². The van der Waals surface area contributed by atoms with Crippen LogP contribution in [0.1, 0.15) is 18.4 Å². The number of urea groups is 1. The van der Waals surface area contributed by atoms with E-state index in [0.717, 1.165) is 5.56 Å². The molecule has 1 aliphatic heterocycles. The van der Waals surface area contributed by atoms with Gasteiger partial charge in [0.2, 0.25) is 0 Å². The Hall–Kier alpha value is -2.65. The maximum Gasteiger partial charge on any atom is 0.410 e. The Kier molecular flexibility index (Phi) is 5.50. The minimum absolute atomic E-state index is 0.104. The second-order valence-corrected chi connectivity index (χ2v) is 5.05. The fraction of sp³-hybridized carbons (Fsp3) is 0.357. The van der Waals surface area contributed by atoms with Crippen LogP contribution in [0.15, 0.2) is 30.3 Å². The van der Waals surface area contributed by atoms with Crippen molar-refractivity contribution in [1.29, 1.82) is 0 Å². The van der Waals surface area contributed by atoms with Crippen molar-refractivity contribution in [2.24, 2.45) is 11.7 Å². The van der Waals surface area contributed by atoms with E-state index in [1.54, 1.807) is 5.43 Å². The first-order chi connectivity index (χ1) is 11.0. The maximum absolute atomic E-state index is 12.2. The molecule has 1 atom stereocenters. The van der Waals surface area contributed by atoms with Crippen LogP contribution < -0.4 is 17.1 Å². The second kappa shape index (κ2) is 7.56. The van der Waals surface area contributed by atoms with Crippen LogP contribution in [0, 0.1) is 0 Å². The van der Waals surface area contributed by atoms with Crippen LogP contribution in [0.5, 0.6) is 0 Å². The number of nitrogens with one attached hydrogen (secondary N) is 1. The molecule has 1 aromatic rings. The molecule has 0 bridgehead atoms. The van der Waals surface area contributed by atoms with Gasteiger partial charge in [-0.05, 0) is 18.4 Å². The van der Waals surface area contributed by atoms with Crippen molar-refractivity contribution >= 4 is 18.0 Å². The number of hydrazine groups is 2. The standard InChI is InChI=1S/C14H19N5O4/c15-17-13(21)19(16)12(20)11-7-4-8-18(11)14(22)23-9-10-5-2-1-3-6-10/h1-3,5-6,11H,4,7-9,15-16H2,(H,17,21)/t11-/m0/s1. The molecule has 1 heterocycles. The molecule has 2 rings (SSSR count). The summed E-state index contributed by atoms with van der Waals surface area (Å²) in [5.41, 5.74) is 2.61. The summed E-state index contributed by atoms with van der Waals surface area (Å²) in [5, 5.41) is 0.369. The van der Waals surface area contributed by atoms with Crippen LogP contribution >= 0.6 is 0 Å². The van der Waals surface area contributed by atoms with E-state index < -0.39 is 24.1 Å². The first-order valence-electron chi connectivity index (χ1n) is 7.11. The van der Waals surface area contributed by atoms with E-state index in [1.807, 2.05) is 30.3 Å². The molecule has 0 radical (unpaired) electrons. The van der Waals surface area contributed by atoms with Gasteiger partial charge >= 0.3 is 12.1 Å². The molecule has 0 aromatic heterocycles. The van der Waals surface area contributed by atoms with Crippen molar-refractivity contribution in [2.75, 3.05) is 6.54 Å². The van der Waals surface area contributed by atoms with Crippen molar-refractivity contribution < 1.29 is 19.1 Å². The zero-order chi connectivity index (χ0) is 16.8. The van der Waals surface area contributed by atoms with Gasteiger partial charge in [0.1, 0.15) is 12.6 Å². The Morgan fingerprint density at radius 1 is 1.30 bits per heavy atom. The normalized spacial score (nSPS) is 16.8. The summed E-state index contributed by atoms with van der Waals surface area (Å²) in [6.45, 7) is 0.467. The first kappa shape index (κ1) is 16.7. The number of imide groups is 1. The van der Waals surface area contributed by atoms with Crippen molar-refractivity contribution in [2.45, 2.75) is 25.5 Å². The summed E-state index contributed by atoms with van der Waals surface area (Å²) < 4.78 is 5.21. The van der Waals surface area contributed by atoms with Gasteiger partial charge in [-0.25, -0.2) is 21.3 Å². The SMILES string of the molecule is NNC(=O)N(N)C(=O)[C@@H]1CCCN1C(=O)OCc1ccccc1. The molecule has 9 heteroatoms. The quantitative estimate of drug-likeness (QED) is 0.410. The highest BCUT2D eigenvalue weighted by molar-refractivity contribution is 5.97. The number of nitrogens with two attached hydrogens (primary N) is 2. The Bertz CT molecular complexity index is 580.